The first kappa shape index (κ1) is 29.2. The van der Waals surface area contributed by atoms with Crippen LogP contribution in [0.3, 0.4) is 0 Å². The van der Waals surface area contributed by atoms with E-state index in [0.29, 0.717) is 30.0 Å². The van der Waals surface area contributed by atoms with Crippen LogP contribution >= 0.6 is 12.2 Å². The zero-order chi connectivity index (χ0) is 29.2. The van der Waals surface area contributed by atoms with Gasteiger partial charge in [-0.1, -0.05) is 42.5 Å². The number of hydrogen-bond acceptors (Lipinski definition) is 9. The summed E-state index contributed by atoms with van der Waals surface area (Å²) in [5, 5.41) is 5.53. The number of aromatic nitrogens is 2. The number of nitrogens with zero attached hydrogens (tertiary/aromatic N) is 2. The molecule has 0 atom stereocenters. The number of thiocarbonyl (C=S) groups is 1. The molecule has 3 aromatic carbocycles. The lowest BCUT2D eigenvalue weighted by Gasteiger charge is -2.13. The number of carbonyl (C=O) groups is 1. The van der Waals surface area contributed by atoms with Crippen LogP contribution in [0.15, 0.2) is 89.8 Å². The van der Waals surface area contributed by atoms with Crippen molar-refractivity contribution >= 4 is 44.8 Å². The molecule has 1 aromatic heterocycles. The standard InChI is InChI=1S/C28H27N5O6S2/c1-37-25-18-24(30-27(31-25)38-2)33-41(35,36)21-14-12-20(13-15-21)29-28(40)32-26(34)22-10-6-7-11-23(22)39-17-16-19-8-4-3-5-9-19/h3-15,18H,16-17H2,1-2H3,(H,30,31,33)(H2,29,32,34,40). The van der Waals surface area contributed by atoms with Crippen LogP contribution in [0.25, 0.3) is 0 Å². The van der Waals surface area contributed by atoms with Gasteiger partial charge >= 0.3 is 6.01 Å². The number of carbonyl (C=O) groups excluding carboxylic acids is 1. The molecule has 1 heterocycles. The first-order chi connectivity index (χ1) is 19.8. The minimum Gasteiger partial charge on any atom is -0.492 e. The van der Waals surface area contributed by atoms with Crippen molar-refractivity contribution in [3.8, 4) is 17.6 Å². The van der Waals surface area contributed by atoms with Crippen molar-refractivity contribution in [2.45, 2.75) is 11.3 Å². The fourth-order valence-corrected chi connectivity index (χ4v) is 4.81. The average molecular weight is 594 g/mol. The van der Waals surface area contributed by atoms with Crippen LogP contribution in [0.5, 0.6) is 17.6 Å². The highest BCUT2D eigenvalue weighted by Crippen LogP contribution is 2.22. The van der Waals surface area contributed by atoms with Gasteiger partial charge in [-0.15, -0.1) is 0 Å². The quantitative estimate of drug-likeness (QED) is 0.218. The topological polar surface area (TPSA) is 141 Å². The van der Waals surface area contributed by atoms with Gasteiger partial charge in [-0.2, -0.15) is 9.97 Å². The second kappa shape index (κ2) is 13.5. The number of amides is 1. The van der Waals surface area contributed by atoms with E-state index in [2.05, 4.69) is 25.3 Å². The lowest BCUT2D eigenvalue weighted by Crippen LogP contribution is -2.34. The van der Waals surface area contributed by atoms with Crippen LogP contribution in [0.2, 0.25) is 0 Å². The highest BCUT2D eigenvalue weighted by molar-refractivity contribution is 7.92. The van der Waals surface area contributed by atoms with Gasteiger partial charge in [0.15, 0.2) is 10.9 Å². The van der Waals surface area contributed by atoms with E-state index >= 15 is 0 Å². The molecule has 0 aliphatic heterocycles. The van der Waals surface area contributed by atoms with Gasteiger partial charge in [-0.3, -0.25) is 14.8 Å². The molecule has 0 saturated heterocycles. The molecule has 3 N–H and O–H groups in total. The normalized spacial score (nSPS) is 10.8. The number of nitrogens with one attached hydrogen (secondary N) is 3. The Labute approximate surface area is 243 Å². The Kier molecular flexibility index (Phi) is 9.66. The number of rotatable bonds is 11. The summed E-state index contributed by atoms with van der Waals surface area (Å²) < 4.78 is 44.0. The van der Waals surface area contributed by atoms with Crippen molar-refractivity contribution in [3.05, 3.63) is 96.1 Å². The molecule has 0 saturated carbocycles. The molecule has 1 amide bonds. The van der Waals surface area contributed by atoms with Crippen LogP contribution in [0.1, 0.15) is 15.9 Å². The van der Waals surface area contributed by atoms with Gasteiger partial charge in [-0.25, -0.2) is 8.42 Å². The van der Waals surface area contributed by atoms with Crippen molar-refractivity contribution in [1.29, 1.82) is 0 Å². The summed E-state index contributed by atoms with van der Waals surface area (Å²) in [5.74, 6) is 0.0942. The van der Waals surface area contributed by atoms with Crippen LogP contribution in [-0.2, 0) is 16.4 Å². The predicted molar refractivity (Wildman–Crippen MR) is 158 cm³/mol. The largest absolute Gasteiger partial charge is 0.492 e. The van der Waals surface area contributed by atoms with Crippen LogP contribution in [0.4, 0.5) is 11.5 Å². The van der Waals surface area contributed by atoms with Crippen LogP contribution in [-0.4, -0.2) is 50.2 Å². The molecule has 41 heavy (non-hydrogen) atoms. The lowest BCUT2D eigenvalue weighted by atomic mass is 10.1. The van der Waals surface area contributed by atoms with Gasteiger partial charge in [0.1, 0.15) is 5.75 Å². The maximum atomic E-state index is 12.9. The van der Waals surface area contributed by atoms with Gasteiger partial charge in [0, 0.05) is 18.2 Å². The summed E-state index contributed by atoms with van der Waals surface area (Å²) in [5.41, 5.74) is 1.92. The molecular weight excluding hydrogens is 566 g/mol. The Balaban J connectivity index is 1.35. The van der Waals surface area contributed by atoms with Gasteiger partial charge < -0.3 is 19.5 Å². The molecular formula is C28H27N5O6S2. The molecule has 4 rings (SSSR count). The van der Waals surface area contributed by atoms with E-state index in [0.717, 1.165) is 5.56 Å². The van der Waals surface area contributed by atoms with E-state index in [4.69, 9.17) is 26.4 Å². The Bertz CT molecular complexity index is 1590. The molecule has 4 aromatic rings. The third-order valence-corrected chi connectivity index (χ3v) is 7.16. The Morgan fingerprint density at radius 1 is 0.902 bits per heavy atom. The summed E-state index contributed by atoms with van der Waals surface area (Å²) in [7, 11) is -1.25. The summed E-state index contributed by atoms with van der Waals surface area (Å²) in [4.78, 5) is 20.8. The molecule has 0 bridgehead atoms. The number of hydrogen-bond donors (Lipinski definition) is 3. The summed E-state index contributed by atoms with van der Waals surface area (Å²) >= 11 is 5.29. The minimum atomic E-state index is -3.99. The smallest absolute Gasteiger partial charge is 0.321 e. The summed E-state index contributed by atoms with van der Waals surface area (Å²) in [6.07, 6.45) is 0.694. The molecule has 0 aliphatic rings. The number of para-hydroxylation sites is 1. The summed E-state index contributed by atoms with van der Waals surface area (Å²) in [6, 6.07) is 23.8. The second-order valence-corrected chi connectivity index (χ2v) is 10.5. The van der Waals surface area contributed by atoms with Crippen molar-refractivity contribution < 1.29 is 27.4 Å². The molecule has 0 unspecified atom stereocenters. The Hall–Kier alpha value is -4.75. The number of anilines is 2. The number of methoxy groups -OCH3 is 2. The molecule has 13 heteroatoms. The van der Waals surface area contributed by atoms with Crippen molar-refractivity contribution in [2.75, 3.05) is 30.9 Å². The van der Waals surface area contributed by atoms with Gasteiger partial charge in [-0.05, 0) is 54.2 Å². The summed E-state index contributed by atoms with van der Waals surface area (Å²) in [6.45, 7) is 0.402. The van der Waals surface area contributed by atoms with E-state index < -0.39 is 15.9 Å². The van der Waals surface area contributed by atoms with Crippen LogP contribution in [0, 0.1) is 0 Å². The first-order valence-corrected chi connectivity index (χ1v) is 14.1. The van der Waals surface area contributed by atoms with Gasteiger partial charge in [0.05, 0.1) is 31.3 Å². The van der Waals surface area contributed by atoms with E-state index in [1.807, 2.05) is 30.3 Å². The zero-order valence-corrected chi connectivity index (χ0v) is 23.8. The first-order valence-electron chi connectivity index (χ1n) is 12.3. The molecule has 0 radical (unpaired) electrons. The minimum absolute atomic E-state index is 0.0240. The van der Waals surface area contributed by atoms with E-state index in [9.17, 15) is 13.2 Å². The molecule has 11 nitrogen and oxygen atoms in total. The number of sulfonamides is 1. The zero-order valence-electron chi connectivity index (χ0n) is 22.2. The third-order valence-electron chi connectivity index (χ3n) is 5.59. The van der Waals surface area contributed by atoms with Crippen molar-refractivity contribution in [3.63, 3.8) is 0 Å². The van der Waals surface area contributed by atoms with E-state index in [1.165, 1.54) is 44.6 Å². The third kappa shape index (κ3) is 8.13. The van der Waals surface area contributed by atoms with E-state index in [1.54, 1.807) is 24.3 Å². The van der Waals surface area contributed by atoms with Crippen molar-refractivity contribution in [2.24, 2.45) is 0 Å². The predicted octanol–water partition coefficient (Wildman–Crippen LogP) is 4.04. The maximum absolute atomic E-state index is 12.9. The fraction of sp³-hybridized carbons (Fsp3) is 0.143. The number of ether oxygens (including phenoxy) is 3. The average Bonchev–Trinajstić information content (AvgIpc) is 2.97. The lowest BCUT2D eigenvalue weighted by molar-refractivity contribution is 0.0973. The molecule has 0 aliphatic carbocycles. The SMILES string of the molecule is COc1cc(NS(=O)(=O)c2ccc(NC(=S)NC(=O)c3ccccc3OCCc3ccccc3)cc2)nc(OC)n1. The molecule has 0 fully saturated rings. The molecule has 212 valence electrons. The van der Waals surface area contributed by atoms with Gasteiger partial charge in [0.25, 0.3) is 15.9 Å². The second-order valence-electron chi connectivity index (χ2n) is 8.40. The Morgan fingerprint density at radius 3 is 2.32 bits per heavy atom. The fourth-order valence-electron chi connectivity index (χ4n) is 3.60. The van der Waals surface area contributed by atoms with E-state index in [-0.39, 0.29) is 27.7 Å². The van der Waals surface area contributed by atoms with Crippen molar-refractivity contribution in [1.82, 2.24) is 15.3 Å². The highest BCUT2D eigenvalue weighted by Gasteiger charge is 2.18. The van der Waals surface area contributed by atoms with Gasteiger partial charge in [0.2, 0.25) is 5.88 Å². The Morgan fingerprint density at radius 2 is 1.61 bits per heavy atom. The maximum Gasteiger partial charge on any atom is 0.321 e. The number of benzene rings is 3. The highest BCUT2D eigenvalue weighted by atomic mass is 32.2. The molecule has 0 spiro atoms. The monoisotopic (exact) mass is 593 g/mol. The van der Waals surface area contributed by atoms with Crippen LogP contribution < -0.4 is 29.6 Å².